The molecule has 0 bridgehead atoms. The van der Waals surface area contributed by atoms with Crippen LogP contribution < -0.4 is 4.90 Å². The Morgan fingerprint density at radius 1 is 0.531 bits per heavy atom. The van der Waals surface area contributed by atoms with Gasteiger partial charge >= 0.3 is 0 Å². The zero-order valence-electron chi connectivity index (χ0n) is 27.7. The Balaban J connectivity index is 1.20. The molecule has 1 heterocycles. The van der Waals surface area contributed by atoms with Crippen LogP contribution in [0.15, 0.2) is 164 Å². The third-order valence-electron chi connectivity index (χ3n) is 11.4. The summed E-state index contributed by atoms with van der Waals surface area (Å²) in [5.74, 6) is 0.421. The molecule has 1 heteroatoms. The van der Waals surface area contributed by atoms with Gasteiger partial charge in [0, 0.05) is 17.1 Å². The summed E-state index contributed by atoms with van der Waals surface area (Å²) in [7, 11) is 0. The Bertz CT molecular complexity index is 2350. The Morgan fingerprint density at radius 2 is 1.12 bits per heavy atom. The first-order valence-electron chi connectivity index (χ1n) is 17.7. The van der Waals surface area contributed by atoms with Crippen LogP contribution in [0.25, 0.3) is 22.3 Å². The topological polar surface area (TPSA) is 3.24 Å². The molecule has 49 heavy (non-hydrogen) atoms. The summed E-state index contributed by atoms with van der Waals surface area (Å²) in [5.41, 5.74) is 19.9. The van der Waals surface area contributed by atoms with Crippen LogP contribution in [0.5, 0.6) is 0 Å². The minimum atomic E-state index is -0.372. The SMILES string of the molecule is Cc1ccc2c(c1)C1(c3ccccc3-c3ccccc31)c1cc(N3c4ccccc4CC(CCc4ccccc4)c4ccccc43)ccc1-2. The predicted octanol–water partition coefficient (Wildman–Crippen LogP) is 12.1. The Morgan fingerprint density at radius 3 is 1.90 bits per heavy atom. The number of rotatable bonds is 4. The number of hydrogen-bond donors (Lipinski definition) is 0. The molecule has 1 atom stereocenters. The molecule has 0 saturated heterocycles. The van der Waals surface area contributed by atoms with E-state index in [1.807, 2.05) is 0 Å². The van der Waals surface area contributed by atoms with Gasteiger partial charge in [-0.3, -0.25) is 0 Å². The standard InChI is InChI=1S/C48H37N/c1-32-23-27-40-41-28-26-36(31-45(41)48(44(40)29-32)42-19-9-6-17-38(42)39-18-7-10-20-43(39)48)49-46-21-11-5-15-35(46)30-34(37-16-8-12-22-47(37)49)25-24-33-13-3-2-4-14-33/h2-23,26-29,31,34H,24-25,30H2,1H3. The van der Waals surface area contributed by atoms with Gasteiger partial charge in [0.15, 0.2) is 0 Å². The molecule has 0 saturated carbocycles. The van der Waals surface area contributed by atoms with Crippen molar-refractivity contribution in [3.63, 3.8) is 0 Å². The zero-order valence-corrected chi connectivity index (χ0v) is 27.7. The summed E-state index contributed by atoms with van der Waals surface area (Å²) in [6, 6.07) is 61.8. The van der Waals surface area contributed by atoms with Gasteiger partial charge < -0.3 is 4.90 Å². The smallest absolute Gasteiger partial charge is 0.0726 e. The van der Waals surface area contributed by atoms with Crippen LogP contribution >= 0.6 is 0 Å². The Hall–Kier alpha value is -5.66. The largest absolute Gasteiger partial charge is 0.310 e. The van der Waals surface area contributed by atoms with Crippen molar-refractivity contribution in [3.05, 3.63) is 208 Å². The van der Waals surface area contributed by atoms with Crippen LogP contribution in [0.2, 0.25) is 0 Å². The van der Waals surface area contributed by atoms with Crippen molar-refractivity contribution in [1.29, 1.82) is 0 Å². The first kappa shape index (κ1) is 28.4. The fourth-order valence-corrected chi connectivity index (χ4v) is 9.34. The maximum absolute atomic E-state index is 2.56. The maximum atomic E-state index is 2.56. The molecule has 0 fully saturated rings. The Kier molecular flexibility index (Phi) is 6.33. The monoisotopic (exact) mass is 627 g/mol. The van der Waals surface area contributed by atoms with E-state index in [9.17, 15) is 0 Å². The maximum Gasteiger partial charge on any atom is 0.0726 e. The van der Waals surface area contributed by atoms with Gasteiger partial charge in [-0.05, 0) is 118 Å². The summed E-state index contributed by atoms with van der Waals surface area (Å²) < 4.78 is 0. The molecule has 7 aromatic carbocycles. The Labute approximate surface area is 289 Å². The predicted molar refractivity (Wildman–Crippen MR) is 203 cm³/mol. The van der Waals surface area contributed by atoms with Crippen molar-refractivity contribution < 1.29 is 0 Å². The van der Waals surface area contributed by atoms with Crippen molar-refractivity contribution in [1.82, 2.24) is 0 Å². The highest BCUT2D eigenvalue weighted by molar-refractivity contribution is 5.96. The van der Waals surface area contributed by atoms with Gasteiger partial charge in [-0.1, -0.05) is 145 Å². The fraction of sp³-hybridized carbons (Fsp3) is 0.125. The van der Waals surface area contributed by atoms with Gasteiger partial charge in [0.1, 0.15) is 0 Å². The van der Waals surface area contributed by atoms with Gasteiger partial charge in [0.05, 0.1) is 5.41 Å². The molecule has 0 amide bonds. The lowest BCUT2D eigenvalue weighted by Crippen LogP contribution is -2.26. The molecule has 0 N–H and O–H groups in total. The highest BCUT2D eigenvalue weighted by Gasteiger charge is 2.51. The summed E-state index contributed by atoms with van der Waals surface area (Å²) in [6.45, 7) is 2.23. The lowest BCUT2D eigenvalue weighted by molar-refractivity contribution is 0.626. The summed E-state index contributed by atoms with van der Waals surface area (Å²) in [5, 5.41) is 0. The second-order valence-corrected chi connectivity index (χ2v) is 14.1. The highest BCUT2D eigenvalue weighted by atomic mass is 15.1. The highest BCUT2D eigenvalue weighted by Crippen LogP contribution is 2.63. The average molecular weight is 628 g/mol. The van der Waals surface area contributed by atoms with Crippen LogP contribution in [0.3, 0.4) is 0 Å². The van der Waals surface area contributed by atoms with E-state index in [-0.39, 0.29) is 5.41 Å². The van der Waals surface area contributed by atoms with Crippen molar-refractivity contribution >= 4 is 17.1 Å². The molecule has 1 nitrogen and oxygen atoms in total. The van der Waals surface area contributed by atoms with Gasteiger partial charge in [-0.15, -0.1) is 0 Å². The van der Waals surface area contributed by atoms with E-state index in [2.05, 4.69) is 176 Å². The van der Waals surface area contributed by atoms with E-state index in [1.165, 1.54) is 83.8 Å². The molecule has 0 aromatic heterocycles. The lowest BCUT2D eigenvalue weighted by Gasteiger charge is -2.32. The molecule has 2 aliphatic carbocycles. The van der Waals surface area contributed by atoms with E-state index in [0.717, 1.165) is 19.3 Å². The number of benzene rings is 7. The lowest BCUT2D eigenvalue weighted by atomic mass is 9.70. The van der Waals surface area contributed by atoms with Crippen molar-refractivity contribution in [3.8, 4) is 22.3 Å². The van der Waals surface area contributed by atoms with Crippen molar-refractivity contribution in [2.75, 3.05) is 4.90 Å². The van der Waals surface area contributed by atoms with Crippen LogP contribution in [-0.4, -0.2) is 0 Å². The number of para-hydroxylation sites is 2. The zero-order chi connectivity index (χ0) is 32.5. The van der Waals surface area contributed by atoms with Crippen LogP contribution in [-0.2, 0) is 18.3 Å². The first-order valence-corrected chi connectivity index (χ1v) is 17.7. The van der Waals surface area contributed by atoms with E-state index >= 15 is 0 Å². The van der Waals surface area contributed by atoms with Gasteiger partial charge in [0.2, 0.25) is 0 Å². The molecular formula is C48H37N. The van der Waals surface area contributed by atoms with E-state index in [4.69, 9.17) is 0 Å². The molecule has 1 spiro atoms. The summed E-state index contributed by atoms with van der Waals surface area (Å²) >= 11 is 0. The number of nitrogens with zero attached hydrogens (tertiary/aromatic N) is 1. The van der Waals surface area contributed by atoms with Crippen molar-refractivity contribution in [2.45, 2.75) is 37.5 Å². The fourth-order valence-electron chi connectivity index (χ4n) is 9.34. The quantitative estimate of drug-likeness (QED) is 0.188. The molecule has 7 aromatic rings. The summed E-state index contributed by atoms with van der Waals surface area (Å²) in [6.07, 6.45) is 3.20. The van der Waals surface area contributed by atoms with Gasteiger partial charge in [-0.25, -0.2) is 0 Å². The second-order valence-electron chi connectivity index (χ2n) is 14.1. The van der Waals surface area contributed by atoms with E-state index < -0.39 is 0 Å². The molecule has 0 radical (unpaired) electrons. The number of aryl methyl sites for hydroxylation is 2. The molecule has 3 aliphatic rings. The molecular weight excluding hydrogens is 591 g/mol. The molecule has 10 rings (SSSR count). The second kappa shape index (κ2) is 10.9. The average Bonchev–Trinajstić information content (AvgIpc) is 3.55. The number of fused-ring (bicyclic) bond motifs is 12. The minimum Gasteiger partial charge on any atom is -0.310 e. The van der Waals surface area contributed by atoms with Crippen LogP contribution in [0.4, 0.5) is 17.1 Å². The van der Waals surface area contributed by atoms with Crippen LogP contribution in [0.1, 0.15) is 56.8 Å². The third-order valence-corrected chi connectivity index (χ3v) is 11.4. The first-order chi connectivity index (χ1) is 24.2. The summed E-state index contributed by atoms with van der Waals surface area (Å²) in [4.78, 5) is 2.56. The third kappa shape index (κ3) is 4.12. The van der Waals surface area contributed by atoms with E-state index in [1.54, 1.807) is 0 Å². The minimum absolute atomic E-state index is 0.372. The molecule has 234 valence electrons. The van der Waals surface area contributed by atoms with Crippen LogP contribution in [0, 0.1) is 6.92 Å². The van der Waals surface area contributed by atoms with Crippen molar-refractivity contribution in [2.24, 2.45) is 0 Å². The van der Waals surface area contributed by atoms with Gasteiger partial charge in [0.25, 0.3) is 0 Å². The number of hydrogen-bond acceptors (Lipinski definition) is 1. The number of anilines is 3. The van der Waals surface area contributed by atoms with E-state index in [0.29, 0.717) is 5.92 Å². The van der Waals surface area contributed by atoms with Gasteiger partial charge in [-0.2, -0.15) is 0 Å². The molecule has 1 aliphatic heterocycles. The normalized spacial score (nSPS) is 15.9. The molecule has 1 unspecified atom stereocenters.